The minimum absolute atomic E-state index is 0.0357. The molecule has 0 aliphatic carbocycles. The molecule has 2 nitrogen and oxygen atoms in total. The summed E-state index contributed by atoms with van der Waals surface area (Å²) in [5.41, 5.74) is 0. The molecule has 0 aromatic carbocycles. The van der Waals surface area contributed by atoms with Gasteiger partial charge in [0.2, 0.25) is 0 Å². The topological polar surface area (TPSA) is 24.9 Å². The lowest BCUT2D eigenvalue weighted by molar-refractivity contribution is -0.137. The van der Waals surface area contributed by atoms with E-state index in [9.17, 15) is 13.2 Å². The summed E-state index contributed by atoms with van der Waals surface area (Å²) < 4.78 is 37.0. The molecular weight excluding hydrogens is 237 g/mol. The minimum atomic E-state index is -4.33. The first-order valence-corrected chi connectivity index (χ1v) is 5.94. The van der Waals surface area contributed by atoms with E-state index in [2.05, 4.69) is 10.3 Å². The lowest BCUT2D eigenvalue weighted by atomic mass is 10.0. The van der Waals surface area contributed by atoms with Crippen molar-refractivity contribution in [2.45, 2.75) is 38.9 Å². The Labute approximate surface area is 96.9 Å². The highest BCUT2D eigenvalue weighted by molar-refractivity contribution is 7.11. The molecule has 0 radical (unpaired) electrons. The second kappa shape index (κ2) is 5.14. The van der Waals surface area contributed by atoms with Gasteiger partial charge in [-0.15, -0.1) is 11.3 Å². The fraction of sp³-hybridized carbons (Fsp3) is 0.700. The maximum absolute atomic E-state index is 12.3. The molecular formula is C10H15F3N2S. The Bertz CT molecular complexity index is 335. The second-order valence-corrected chi connectivity index (χ2v) is 4.76. The fourth-order valence-electron chi connectivity index (χ4n) is 1.37. The molecule has 0 saturated carbocycles. The summed E-state index contributed by atoms with van der Waals surface area (Å²) in [6.07, 6.45) is -3.00. The van der Waals surface area contributed by atoms with Gasteiger partial charge in [0, 0.05) is 23.0 Å². The first-order valence-electron chi connectivity index (χ1n) is 5.12. The van der Waals surface area contributed by atoms with E-state index in [1.807, 2.05) is 20.8 Å². The summed E-state index contributed by atoms with van der Waals surface area (Å²) >= 11 is 0.726. The maximum atomic E-state index is 12.3. The van der Waals surface area contributed by atoms with Crippen LogP contribution in [-0.2, 0) is 6.18 Å². The molecule has 0 amide bonds. The number of rotatable bonds is 4. The zero-order valence-electron chi connectivity index (χ0n) is 9.43. The third-order valence-corrected chi connectivity index (χ3v) is 3.73. The predicted molar refractivity (Wildman–Crippen MR) is 58.7 cm³/mol. The molecule has 0 saturated heterocycles. The molecule has 1 aromatic rings. The van der Waals surface area contributed by atoms with Crippen LogP contribution in [-0.4, -0.2) is 17.6 Å². The average molecular weight is 252 g/mol. The highest BCUT2D eigenvalue weighted by Crippen LogP contribution is 2.35. The Morgan fingerprint density at radius 1 is 1.44 bits per heavy atom. The van der Waals surface area contributed by atoms with Gasteiger partial charge in [-0.3, -0.25) is 0 Å². The molecule has 0 aliphatic rings. The van der Waals surface area contributed by atoms with Crippen LogP contribution in [0.3, 0.4) is 0 Å². The average Bonchev–Trinajstić information content (AvgIpc) is 2.65. The molecule has 2 unspecified atom stereocenters. The molecule has 2 atom stereocenters. The Hall–Kier alpha value is -0.620. The van der Waals surface area contributed by atoms with E-state index >= 15 is 0 Å². The molecule has 0 aliphatic heterocycles. The summed E-state index contributed by atoms with van der Waals surface area (Å²) in [6, 6.07) is 0.145. The highest BCUT2D eigenvalue weighted by Gasteiger charge is 2.35. The zero-order valence-corrected chi connectivity index (χ0v) is 10.2. The molecule has 92 valence electrons. The van der Waals surface area contributed by atoms with Gasteiger partial charge in [-0.1, -0.05) is 13.8 Å². The largest absolute Gasteiger partial charge is 0.443 e. The van der Waals surface area contributed by atoms with Gasteiger partial charge in [0.15, 0.2) is 5.01 Å². The number of alkyl halides is 3. The highest BCUT2D eigenvalue weighted by atomic mass is 32.1. The van der Waals surface area contributed by atoms with Crippen molar-refractivity contribution >= 4 is 11.3 Å². The van der Waals surface area contributed by atoms with Gasteiger partial charge in [0.05, 0.1) is 0 Å². The Morgan fingerprint density at radius 2 is 2.06 bits per heavy atom. The summed E-state index contributed by atoms with van der Waals surface area (Å²) in [7, 11) is 0. The Morgan fingerprint density at radius 3 is 2.50 bits per heavy atom. The van der Waals surface area contributed by atoms with Crippen molar-refractivity contribution in [1.29, 1.82) is 0 Å². The lowest BCUT2D eigenvalue weighted by Gasteiger charge is -2.18. The summed E-state index contributed by atoms with van der Waals surface area (Å²) in [5.74, 6) is 0.0357. The molecule has 0 fully saturated rings. The molecule has 0 spiro atoms. The standard InChI is InChI=1S/C10H15F3N2S/c1-4-14-7(3)6(2)8-5-15-9(16-8)10(11,12)13/h5-7,14H,4H2,1-3H3. The Balaban J connectivity index is 2.78. The van der Waals surface area contributed by atoms with Crippen LogP contribution in [0, 0.1) is 0 Å². The van der Waals surface area contributed by atoms with Crippen LogP contribution in [0.15, 0.2) is 6.20 Å². The van der Waals surface area contributed by atoms with Crippen molar-refractivity contribution in [3.05, 3.63) is 16.1 Å². The molecule has 1 rings (SSSR count). The summed E-state index contributed by atoms with van der Waals surface area (Å²) in [5, 5.41) is 2.42. The van der Waals surface area contributed by atoms with Crippen molar-refractivity contribution in [3.63, 3.8) is 0 Å². The Kier molecular flexibility index (Phi) is 4.32. The fourth-order valence-corrected chi connectivity index (χ4v) is 2.31. The van der Waals surface area contributed by atoms with E-state index in [-0.39, 0.29) is 12.0 Å². The van der Waals surface area contributed by atoms with E-state index in [1.54, 1.807) is 0 Å². The second-order valence-electron chi connectivity index (χ2n) is 3.70. The van der Waals surface area contributed by atoms with Crippen LogP contribution in [0.2, 0.25) is 0 Å². The third-order valence-electron chi connectivity index (χ3n) is 2.49. The van der Waals surface area contributed by atoms with Crippen LogP contribution in [0.4, 0.5) is 13.2 Å². The molecule has 1 aromatic heterocycles. The zero-order chi connectivity index (χ0) is 12.3. The van der Waals surface area contributed by atoms with Crippen molar-refractivity contribution in [2.24, 2.45) is 0 Å². The first kappa shape index (κ1) is 13.4. The number of thiazole rings is 1. The lowest BCUT2D eigenvalue weighted by Crippen LogP contribution is -2.30. The van der Waals surface area contributed by atoms with E-state index in [4.69, 9.17) is 0 Å². The van der Waals surface area contributed by atoms with Gasteiger partial charge in [-0.05, 0) is 13.5 Å². The van der Waals surface area contributed by atoms with Gasteiger partial charge in [0.1, 0.15) is 0 Å². The van der Waals surface area contributed by atoms with Gasteiger partial charge in [0.25, 0.3) is 0 Å². The number of nitrogens with zero attached hydrogens (tertiary/aromatic N) is 1. The van der Waals surface area contributed by atoms with Gasteiger partial charge >= 0.3 is 6.18 Å². The van der Waals surface area contributed by atoms with Crippen molar-refractivity contribution < 1.29 is 13.2 Å². The van der Waals surface area contributed by atoms with E-state index in [0.29, 0.717) is 4.88 Å². The number of aromatic nitrogens is 1. The molecule has 16 heavy (non-hydrogen) atoms. The van der Waals surface area contributed by atoms with Crippen LogP contribution in [0.5, 0.6) is 0 Å². The van der Waals surface area contributed by atoms with Crippen LogP contribution in [0.1, 0.15) is 36.6 Å². The normalized spacial score (nSPS) is 16.1. The number of hydrogen-bond donors (Lipinski definition) is 1. The molecule has 1 heterocycles. The predicted octanol–water partition coefficient (Wildman–Crippen LogP) is 3.26. The van der Waals surface area contributed by atoms with Crippen molar-refractivity contribution in [3.8, 4) is 0 Å². The first-order chi connectivity index (χ1) is 7.36. The van der Waals surface area contributed by atoms with Gasteiger partial charge < -0.3 is 5.32 Å². The van der Waals surface area contributed by atoms with Crippen molar-refractivity contribution in [2.75, 3.05) is 6.54 Å². The van der Waals surface area contributed by atoms with E-state index in [0.717, 1.165) is 17.9 Å². The van der Waals surface area contributed by atoms with Crippen molar-refractivity contribution in [1.82, 2.24) is 10.3 Å². The van der Waals surface area contributed by atoms with Crippen LogP contribution < -0.4 is 5.32 Å². The number of halogens is 3. The van der Waals surface area contributed by atoms with Gasteiger partial charge in [-0.25, -0.2) is 4.98 Å². The summed E-state index contributed by atoms with van der Waals surface area (Å²) in [4.78, 5) is 4.08. The number of hydrogen-bond acceptors (Lipinski definition) is 3. The number of nitrogens with one attached hydrogen (secondary N) is 1. The molecule has 0 bridgehead atoms. The monoisotopic (exact) mass is 252 g/mol. The summed E-state index contributed by atoms with van der Waals surface area (Å²) in [6.45, 7) is 6.63. The van der Waals surface area contributed by atoms with Gasteiger partial charge in [-0.2, -0.15) is 13.2 Å². The van der Waals surface area contributed by atoms with E-state index in [1.165, 1.54) is 6.20 Å². The maximum Gasteiger partial charge on any atom is 0.443 e. The van der Waals surface area contributed by atoms with Crippen LogP contribution >= 0.6 is 11.3 Å². The molecule has 6 heteroatoms. The SMILES string of the molecule is CCNC(C)C(C)c1cnc(C(F)(F)F)s1. The van der Waals surface area contributed by atoms with E-state index < -0.39 is 11.2 Å². The smallest absolute Gasteiger partial charge is 0.314 e. The quantitative estimate of drug-likeness (QED) is 0.889. The third kappa shape index (κ3) is 3.18. The minimum Gasteiger partial charge on any atom is -0.314 e. The van der Waals surface area contributed by atoms with Crippen LogP contribution in [0.25, 0.3) is 0 Å². The number of likely N-dealkylation sites (N-methyl/N-ethyl adjacent to an activating group) is 1. The molecule has 1 N–H and O–H groups in total.